The fraction of sp³-hybridized carbons (Fsp3) is 0.885. The molecular weight excluding hydrogens is 480 g/mol. The second kappa shape index (κ2) is 16.3. The molecule has 9 nitrogen and oxygen atoms in total. The van der Waals surface area contributed by atoms with Crippen LogP contribution in [0.15, 0.2) is 0 Å². The first-order valence-electron chi connectivity index (χ1n) is 13.5. The number of hydrogen-bond donors (Lipinski definition) is 4. The lowest BCUT2D eigenvalue weighted by Crippen LogP contribution is -2.60. The molecule has 1 aliphatic heterocycles. The first kappa shape index (κ1) is 32.5. The van der Waals surface area contributed by atoms with Gasteiger partial charge in [-0.05, 0) is 76.9 Å². The molecule has 1 aliphatic carbocycles. The van der Waals surface area contributed by atoms with Gasteiger partial charge in [-0.3, -0.25) is 9.59 Å². The van der Waals surface area contributed by atoms with Crippen molar-refractivity contribution in [2.75, 3.05) is 26.3 Å². The molecule has 2 aliphatic rings. The van der Waals surface area contributed by atoms with Crippen LogP contribution in [0.1, 0.15) is 86.5 Å². The van der Waals surface area contributed by atoms with Gasteiger partial charge in [0.2, 0.25) is 11.8 Å². The molecule has 210 valence electrons. The number of rotatable bonds is 10. The van der Waals surface area contributed by atoms with E-state index in [2.05, 4.69) is 24.5 Å². The van der Waals surface area contributed by atoms with Gasteiger partial charge in [0.1, 0.15) is 12.1 Å². The van der Waals surface area contributed by atoms with E-state index in [9.17, 15) is 14.4 Å². The Bertz CT molecular complexity index is 683. The number of aliphatic hydroxyl groups excluding tert-OH is 1. The van der Waals surface area contributed by atoms with Crippen LogP contribution in [0, 0.1) is 5.92 Å². The molecule has 1 heterocycles. The van der Waals surface area contributed by atoms with Crippen LogP contribution in [0.25, 0.3) is 0 Å². The van der Waals surface area contributed by atoms with Crippen LogP contribution in [-0.4, -0.2) is 82.3 Å². The van der Waals surface area contributed by atoms with Crippen LogP contribution in [0.5, 0.6) is 0 Å². The molecule has 2 fully saturated rings. The van der Waals surface area contributed by atoms with Crippen molar-refractivity contribution < 1.29 is 24.2 Å². The molecule has 5 N–H and O–H groups in total. The maximum atomic E-state index is 13.7. The number of hydrogen-bond acceptors (Lipinski definition) is 7. The lowest BCUT2D eigenvalue weighted by atomic mass is 9.86. The molecule has 2 atom stereocenters. The minimum atomic E-state index is -0.789. The standard InChI is InChI=1S/C24H44N4O4S.C2H6O/c1-6-14-32-23(31)27-20(24(4,5)33-16(2)3)22(30)28-13-7-8-19(28)21(29)26-15-17-9-11-18(25)12-10-17;1-2-3/h16-20H,6-15,25H2,1-5H3,(H,26,29)(H,27,31);3H,2H2,1H3/t17?,18?,19-,20-;/m0./s1. The van der Waals surface area contributed by atoms with E-state index in [1.165, 1.54) is 0 Å². The molecule has 0 aromatic carbocycles. The maximum Gasteiger partial charge on any atom is 0.407 e. The number of aliphatic hydroxyl groups is 1. The summed E-state index contributed by atoms with van der Waals surface area (Å²) in [5.41, 5.74) is 5.99. The topological polar surface area (TPSA) is 134 Å². The summed E-state index contributed by atoms with van der Waals surface area (Å²) in [5, 5.41) is 13.7. The highest BCUT2D eigenvalue weighted by Crippen LogP contribution is 2.34. The van der Waals surface area contributed by atoms with Gasteiger partial charge in [-0.1, -0.05) is 20.8 Å². The Morgan fingerprint density at radius 3 is 2.31 bits per heavy atom. The fourth-order valence-electron chi connectivity index (χ4n) is 4.79. The average Bonchev–Trinajstić information content (AvgIpc) is 3.30. The largest absolute Gasteiger partial charge is 0.450 e. The second-order valence-electron chi connectivity index (χ2n) is 10.5. The Morgan fingerprint density at radius 1 is 1.14 bits per heavy atom. The molecule has 2 rings (SSSR count). The van der Waals surface area contributed by atoms with Gasteiger partial charge in [0, 0.05) is 30.5 Å². The molecule has 0 unspecified atom stereocenters. The summed E-state index contributed by atoms with van der Waals surface area (Å²) in [4.78, 5) is 40.8. The highest BCUT2D eigenvalue weighted by molar-refractivity contribution is 8.01. The number of carbonyl (C=O) groups is 3. The number of nitrogens with two attached hydrogens (primary N) is 1. The van der Waals surface area contributed by atoms with E-state index in [1.54, 1.807) is 23.6 Å². The van der Waals surface area contributed by atoms with Crippen molar-refractivity contribution >= 4 is 29.7 Å². The summed E-state index contributed by atoms with van der Waals surface area (Å²) in [6.07, 6.45) is 5.57. The van der Waals surface area contributed by atoms with Crippen LogP contribution in [0.3, 0.4) is 0 Å². The number of likely N-dealkylation sites (tertiary alicyclic amines) is 1. The second-order valence-corrected chi connectivity index (χ2v) is 12.7. The third-order valence-corrected chi connectivity index (χ3v) is 7.79. The predicted octanol–water partition coefficient (Wildman–Crippen LogP) is 3.03. The van der Waals surface area contributed by atoms with E-state index >= 15 is 0 Å². The number of ether oxygens (including phenoxy) is 1. The van der Waals surface area contributed by atoms with Crippen molar-refractivity contribution in [2.24, 2.45) is 11.7 Å². The summed E-state index contributed by atoms with van der Waals surface area (Å²) in [6.45, 7) is 13.3. The monoisotopic (exact) mass is 530 g/mol. The van der Waals surface area contributed by atoms with Crippen molar-refractivity contribution in [2.45, 2.75) is 115 Å². The van der Waals surface area contributed by atoms with Crippen LogP contribution < -0.4 is 16.4 Å². The number of carbonyl (C=O) groups excluding carboxylic acids is 3. The van der Waals surface area contributed by atoms with Crippen molar-refractivity contribution in [1.82, 2.24) is 15.5 Å². The van der Waals surface area contributed by atoms with E-state index < -0.39 is 22.9 Å². The van der Waals surface area contributed by atoms with Gasteiger partial charge in [0.05, 0.1) is 6.61 Å². The van der Waals surface area contributed by atoms with Crippen molar-refractivity contribution in [3.05, 3.63) is 0 Å². The van der Waals surface area contributed by atoms with E-state index in [0.717, 1.165) is 32.1 Å². The lowest BCUT2D eigenvalue weighted by Gasteiger charge is -2.38. The summed E-state index contributed by atoms with van der Waals surface area (Å²) in [6, 6.07) is -1.01. The Kier molecular flexibility index (Phi) is 14.8. The minimum absolute atomic E-state index is 0.0997. The van der Waals surface area contributed by atoms with E-state index in [1.807, 2.05) is 20.8 Å². The minimum Gasteiger partial charge on any atom is -0.450 e. The van der Waals surface area contributed by atoms with Crippen molar-refractivity contribution in [3.8, 4) is 0 Å². The lowest BCUT2D eigenvalue weighted by molar-refractivity contribution is -0.140. The van der Waals surface area contributed by atoms with Crippen molar-refractivity contribution in [3.63, 3.8) is 0 Å². The van der Waals surface area contributed by atoms with E-state index in [4.69, 9.17) is 15.6 Å². The zero-order valence-corrected chi connectivity index (χ0v) is 24.0. The summed E-state index contributed by atoms with van der Waals surface area (Å²) < 4.78 is 4.64. The molecular formula is C26H50N4O5S. The van der Waals surface area contributed by atoms with E-state index in [0.29, 0.717) is 38.5 Å². The highest BCUT2D eigenvalue weighted by Gasteiger charge is 2.44. The molecule has 1 saturated heterocycles. The van der Waals surface area contributed by atoms with Gasteiger partial charge >= 0.3 is 6.09 Å². The predicted molar refractivity (Wildman–Crippen MR) is 146 cm³/mol. The number of amides is 3. The Morgan fingerprint density at radius 2 is 1.75 bits per heavy atom. The number of nitrogens with one attached hydrogen (secondary N) is 2. The van der Waals surface area contributed by atoms with Gasteiger partial charge in [-0.15, -0.1) is 0 Å². The van der Waals surface area contributed by atoms with Crippen LogP contribution in [-0.2, 0) is 14.3 Å². The van der Waals surface area contributed by atoms with Crippen molar-refractivity contribution in [1.29, 1.82) is 0 Å². The van der Waals surface area contributed by atoms with Gasteiger partial charge in [-0.2, -0.15) is 11.8 Å². The first-order valence-corrected chi connectivity index (χ1v) is 14.4. The zero-order valence-electron chi connectivity index (χ0n) is 23.2. The van der Waals surface area contributed by atoms with E-state index in [-0.39, 0.29) is 29.7 Å². The summed E-state index contributed by atoms with van der Waals surface area (Å²) in [7, 11) is 0. The third kappa shape index (κ3) is 10.8. The SMILES string of the molecule is CCCOC(=O)N[C@@H](C(=O)N1CCC[C@H]1C(=O)NCC1CCC(N)CC1)C(C)(C)SC(C)C.CCO. The third-order valence-electron chi connectivity index (χ3n) is 6.48. The Labute approximate surface area is 222 Å². The Hall–Kier alpha value is -1.52. The molecule has 0 spiro atoms. The molecule has 3 amide bonds. The molecule has 0 bridgehead atoms. The van der Waals surface area contributed by atoms with Crippen LogP contribution in [0.2, 0.25) is 0 Å². The van der Waals surface area contributed by atoms with Crippen LogP contribution >= 0.6 is 11.8 Å². The van der Waals surface area contributed by atoms with Crippen LogP contribution in [0.4, 0.5) is 4.79 Å². The molecule has 36 heavy (non-hydrogen) atoms. The highest BCUT2D eigenvalue weighted by atomic mass is 32.2. The summed E-state index contributed by atoms with van der Waals surface area (Å²) in [5.74, 6) is 0.128. The number of alkyl carbamates (subject to hydrolysis) is 1. The molecule has 0 radical (unpaired) electrons. The Balaban J connectivity index is 0.00000205. The quantitative estimate of drug-likeness (QED) is 0.341. The maximum absolute atomic E-state index is 13.7. The average molecular weight is 531 g/mol. The first-order chi connectivity index (χ1) is 17.0. The smallest absolute Gasteiger partial charge is 0.407 e. The fourth-order valence-corrected chi connectivity index (χ4v) is 6.30. The van der Waals surface area contributed by atoms with Gasteiger partial charge in [0.15, 0.2) is 0 Å². The normalized spacial score (nSPS) is 22.9. The number of thioether (sulfide) groups is 1. The van der Waals surface area contributed by atoms with Gasteiger partial charge < -0.3 is 31.1 Å². The summed E-state index contributed by atoms with van der Waals surface area (Å²) >= 11 is 1.63. The molecule has 0 aromatic rings. The molecule has 0 aromatic heterocycles. The molecule has 10 heteroatoms. The number of nitrogens with zero attached hydrogens (tertiary/aromatic N) is 1. The zero-order chi connectivity index (χ0) is 27.3. The molecule has 1 saturated carbocycles. The van der Waals surface area contributed by atoms with Gasteiger partial charge in [-0.25, -0.2) is 4.79 Å². The van der Waals surface area contributed by atoms with Gasteiger partial charge in [0.25, 0.3) is 0 Å².